The summed E-state index contributed by atoms with van der Waals surface area (Å²) in [5.41, 5.74) is 5.32. The Labute approximate surface area is 267 Å². The zero-order valence-electron chi connectivity index (χ0n) is 25.0. The van der Waals surface area contributed by atoms with Crippen LogP contribution in [0.1, 0.15) is 0 Å². The monoisotopic (exact) mass is 597 g/mol. The van der Waals surface area contributed by atoms with Gasteiger partial charge in [0.15, 0.2) is 11.4 Å². The Hall–Kier alpha value is -6.39. The maximum atomic E-state index is 6.37. The van der Waals surface area contributed by atoms with Crippen molar-refractivity contribution in [3.8, 4) is 22.5 Å². The third kappa shape index (κ3) is 3.44. The first-order valence-electron chi connectivity index (χ1n) is 15.8. The highest BCUT2D eigenvalue weighted by Crippen LogP contribution is 2.41. The molecule has 0 aliphatic heterocycles. The number of nitrogens with zero attached hydrogens (tertiary/aromatic N) is 3. The van der Waals surface area contributed by atoms with Gasteiger partial charge in [0.05, 0.1) is 6.20 Å². The number of benzene rings is 8. The van der Waals surface area contributed by atoms with E-state index in [1.54, 1.807) is 6.20 Å². The molecule has 3 aromatic heterocycles. The first-order valence-corrected chi connectivity index (χ1v) is 15.8. The van der Waals surface area contributed by atoms with Crippen LogP contribution in [0.15, 0.2) is 144 Å². The number of hydrogen-bond acceptors (Lipinski definition) is 4. The predicted octanol–water partition coefficient (Wildman–Crippen LogP) is 11.5. The molecular formula is C43H23N3O. The minimum Gasteiger partial charge on any atom is -0.453 e. The standard InChI is InChI=1S/C43H23N3O/c1-3-10-32-30(8-1)31-9-2-4-11-33(31)36-20-38-37(19-35(32)36)42-39(47-38)23-45-43(46-42)28-18-27(21-44-22-28)29-16-14-26-13-12-24-6-5-7-25-15-17-34(29)41(26)40(24)25/h1-23H. The fourth-order valence-electron chi connectivity index (χ4n) is 7.79. The third-order valence-corrected chi connectivity index (χ3v) is 9.91. The molecule has 0 aliphatic carbocycles. The smallest absolute Gasteiger partial charge is 0.172 e. The summed E-state index contributed by atoms with van der Waals surface area (Å²) in [6.07, 6.45) is 5.57. The molecular weight excluding hydrogens is 574 g/mol. The molecule has 216 valence electrons. The second kappa shape index (κ2) is 9.09. The van der Waals surface area contributed by atoms with Gasteiger partial charge in [-0.1, -0.05) is 103 Å². The average Bonchev–Trinajstić information content (AvgIpc) is 3.50. The number of furan rings is 1. The van der Waals surface area contributed by atoms with Gasteiger partial charge in [0, 0.05) is 28.9 Å². The Morgan fingerprint density at radius 1 is 0.426 bits per heavy atom. The second-order valence-corrected chi connectivity index (χ2v) is 12.4. The lowest BCUT2D eigenvalue weighted by Crippen LogP contribution is -1.92. The van der Waals surface area contributed by atoms with Gasteiger partial charge in [-0.2, -0.15) is 0 Å². The van der Waals surface area contributed by atoms with Crippen molar-refractivity contribution < 1.29 is 4.42 Å². The maximum Gasteiger partial charge on any atom is 0.172 e. The van der Waals surface area contributed by atoms with Crippen LogP contribution in [0.25, 0.3) is 109 Å². The lowest BCUT2D eigenvalue weighted by atomic mass is 9.90. The van der Waals surface area contributed by atoms with Crippen LogP contribution >= 0.6 is 0 Å². The van der Waals surface area contributed by atoms with E-state index in [9.17, 15) is 0 Å². The highest BCUT2D eigenvalue weighted by molar-refractivity contribution is 6.28. The third-order valence-electron chi connectivity index (χ3n) is 9.91. The average molecular weight is 598 g/mol. The second-order valence-electron chi connectivity index (χ2n) is 12.4. The lowest BCUT2D eigenvalue weighted by Gasteiger charge is -2.14. The Kier molecular flexibility index (Phi) is 4.81. The van der Waals surface area contributed by atoms with Crippen LogP contribution in [0.3, 0.4) is 0 Å². The summed E-state index contributed by atoms with van der Waals surface area (Å²) < 4.78 is 6.37. The molecule has 4 heteroatoms. The zero-order chi connectivity index (χ0) is 30.6. The van der Waals surface area contributed by atoms with Gasteiger partial charge in [0.1, 0.15) is 11.1 Å². The van der Waals surface area contributed by atoms with Gasteiger partial charge < -0.3 is 4.42 Å². The molecule has 3 heterocycles. The quantitative estimate of drug-likeness (QED) is 0.186. The van der Waals surface area contributed by atoms with Gasteiger partial charge in [-0.15, -0.1) is 0 Å². The summed E-state index contributed by atoms with van der Waals surface area (Å²) in [4.78, 5) is 14.5. The highest BCUT2D eigenvalue weighted by Gasteiger charge is 2.17. The summed E-state index contributed by atoms with van der Waals surface area (Å²) in [7, 11) is 0. The molecule has 0 bridgehead atoms. The molecule has 0 radical (unpaired) electrons. The van der Waals surface area contributed by atoms with Crippen molar-refractivity contribution in [1.82, 2.24) is 15.0 Å². The summed E-state index contributed by atoms with van der Waals surface area (Å²) >= 11 is 0. The van der Waals surface area contributed by atoms with Crippen molar-refractivity contribution in [3.63, 3.8) is 0 Å². The fourth-order valence-corrected chi connectivity index (χ4v) is 7.79. The molecule has 0 fully saturated rings. The van der Waals surface area contributed by atoms with Crippen molar-refractivity contribution in [2.75, 3.05) is 0 Å². The Morgan fingerprint density at radius 2 is 1.06 bits per heavy atom. The van der Waals surface area contributed by atoms with Gasteiger partial charge in [0.25, 0.3) is 0 Å². The van der Waals surface area contributed by atoms with E-state index in [1.807, 2.05) is 12.4 Å². The number of rotatable bonds is 2. The molecule has 0 aliphatic rings. The molecule has 0 atom stereocenters. The van der Waals surface area contributed by atoms with E-state index < -0.39 is 0 Å². The Balaban J connectivity index is 1.11. The van der Waals surface area contributed by atoms with Crippen LogP contribution in [-0.4, -0.2) is 15.0 Å². The van der Waals surface area contributed by atoms with Crippen molar-refractivity contribution >= 4 is 86.7 Å². The van der Waals surface area contributed by atoms with Crippen LogP contribution < -0.4 is 0 Å². The van der Waals surface area contributed by atoms with Crippen molar-refractivity contribution in [3.05, 3.63) is 140 Å². The molecule has 0 saturated heterocycles. The van der Waals surface area contributed by atoms with Crippen LogP contribution in [0.2, 0.25) is 0 Å². The van der Waals surface area contributed by atoms with Gasteiger partial charge in [-0.05, 0) is 88.4 Å². The number of aromatic nitrogens is 3. The first kappa shape index (κ1) is 24.9. The minimum atomic E-state index is 0.621. The molecule has 11 rings (SSSR count). The molecule has 11 aromatic rings. The highest BCUT2D eigenvalue weighted by atomic mass is 16.3. The van der Waals surface area contributed by atoms with Crippen LogP contribution in [0.4, 0.5) is 0 Å². The van der Waals surface area contributed by atoms with Crippen LogP contribution in [0.5, 0.6) is 0 Å². The largest absolute Gasteiger partial charge is 0.453 e. The lowest BCUT2D eigenvalue weighted by molar-refractivity contribution is 0.666. The molecule has 0 N–H and O–H groups in total. The van der Waals surface area contributed by atoms with E-state index in [0.29, 0.717) is 11.4 Å². The van der Waals surface area contributed by atoms with Gasteiger partial charge in [-0.25, -0.2) is 9.97 Å². The van der Waals surface area contributed by atoms with Crippen molar-refractivity contribution in [2.24, 2.45) is 0 Å². The van der Waals surface area contributed by atoms with Crippen molar-refractivity contribution in [2.45, 2.75) is 0 Å². The number of fused-ring (bicyclic) bond motifs is 9. The first-order chi connectivity index (χ1) is 23.3. The molecule has 0 amide bonds. The molecule has 0 spiro atoms. The summed E-state index contributed by atoms with van der Waals surface area (Å²) in [5, 5.41) is 15.8. The number of hydrogen-bond donors (Lipinski definition) is 0. The molecule has 0 unspecified atom stereocenters. The van der Waals surface area contributed by atoms with E-state index in [2.05, 4.69) is 126 Å². The van der Waals surface area contributed by atoms with Gasteiger partial charge >= 0.3 is 0 Å². The zero-order valence-corrected chi connectivity index (χ0v) is 25.0. The topological polar surface area (TPSA) is 51.8 Å². The Bertz CT molecular complexity index is 3070. The maximum absolute atomic E-state index is 6.37. The van der Waals surface area contributed by atoms with E-state index in [0.717, 1.165) is 33.2 Å². The fraction of sp³-hybridized carbons (Fsp3) is 0. The van der Waals surface area contributed by atoms with Crippen LogP contribution in [0, 0.1) is 0 Å². The van der Waals surface area contributed by atoms with E-state index in [4.69, 9.17) is 14.4 Å². The molecule has 0 saturated carbocycles. The SMILES string of the molecule is c1cc2ccc3ccc(-c4cncc(-c5ncc6oc7cc8c9ccccc9c9ccccc9c8cc7c6n5)c4)c4ccc(c1)c2c34. The molecule has 47 heavy (non-hydrogen) atoms. The summed E-state index contributed by atoms with van der Waals surface area (Å²) in [6.45, 7) is 0. The normalized spacial score (nSPS) is 12.3. The van der Waals surface area contributed by atoms with Gasteiger partial charge in [-0.3, -0.25) is 4.98 Å². The van der Waals surface area contributed by atoms with E-state index >= 15 is 0 Å². The van der Waals surface area contributed by atoms with Crippen molar-refractivity contribution in [1.29, 1.82) is 0 Å². The minimum absolute atomic E-state index is 0.621. The Morgan fingerprint density at radius 3 is 1.83 bits per heavy atom. The van der Waals surface area contributed by atoms with Crippen LogP contribution in [-0.2, 0) is 0 Å². The summed E-state index contributed by atoms with van der Waals surface area (Å²) in [6, 6.07) is 43.6. The summed E-state index contributed by atoms with van der Waals surface area (Å²) in [5.74, 6) is 0.621. The number of pyridine rings is 1. The van der Waals surface area contributed by atoms with E-state index in [1.165, 1.54) is 64.6 Å². The predicted molar refractivity (Wildman–Crippen MR) is 194 cm³/mol. The van der Waals surface area contributed by atoms with Gasteiger partial charge in [0.2, 0.25) is 0 Å². The van der Waals surface area contributed by atoms with E-state index in [-0.39, 0.29) is 0 Å². The molecule has 4 nitrogen and oxygen atoms in total. The molecule has 8 aromatic carbocycles.